The van der Waals surface area contributed by atoms with Gasteiger partial charge in [0.25, 0.3) is 0 Å². The Kier molecular flexibility index (Phi) is 7.26. The Hall–Kier alpha value is -1.61. The van der Waals surface area contributed by atoms with Gasteiger partial charge in [-0.2, -0.15) is 0 Å². The van der Waals surface area contributed by atoms with Gasteiger partial charge in [-0.15, -0.1) is 0 Å². The first-order valence-corrected chi connectivity index (χ1v) is 13.0. The molecule has 2 N–H and O–H groups in total. The van der Waals surface area contributed by atoms with Gasteiger partial charge < -0.3 is 10.2 Å². The fraction of sp³-hybridized carbons (Fsp3) is 0.700. The summed E-state index contributed by atoms with van der Waals surface area (Å²) in [4.78, 5) is 11.0. The highest BCUT2D eigenvalue weighted by atomic mass is 16.4. The molecule has 0 saturated heterocycles. The predicted octanol–water partition coefficient (Wildman–Crippen LogP) is 7.49. The maximum Gasteiger partial charge on any atom is 0.330 e. The first-order chi connectivity index (χ1) is 15.3. The number of rotatable bonds is 8. The van der Waals surface area contributed by atoms with E-state index in [4.69, 9.17) is 5.11 Å². The maximum atomic E-state index is 11.0. The van der Waals surface area contributed by atoms with Crippen LogP contribution in [0.4, 0.5) is 0 Å². The van der Waals surface area contributed by atoms with E-state index >= 15 is 0 Å². The van der Waals surface area contributed by atoms with Gasteiger partial charge in [-0.3, -0.25) is 0 Å². The molecule has 0 aromatic carbocycles. The zero-order chi connectivity index (χ0) is 24.8. The molecule has 6 atom stereocenters. The topological polar surface area (TPSA) is 57.5 Å². The number of hydrogen-bond donors (Lipinski definition) is 2. The second kappa shape index (κ2) is 9.21. The molecule has 0 aromatic heterocycles. The van der Waals surface area contributed by atoms with E-state index in [0.717, 1.165) is 44.9 Å². The fourth-order valence-electron chi connectivity index (χ4n) is 7.24. The summed E-state index contributed by atoms with van der Waals surface area (Å²) in [5.74, 6) is 0.441. The van der Waals surface area contributed by atoms with Gasteiger partial charge in [-0.25, -0.2) is 4.79 Å². The molecule has 184 valence electrons. The van der Waals surface area contributed by atoms with E-state index in [2.05, 4.69) is 60.3 Å². The lowest BCUT2D eigenvalue weighted by atomic mass is 9.49. The van der Waals surface area contributed by atoms with Crippen LogP contribution in [0.3, 0.4) is 0 Å². The maximum absolute atomic E-state index is 11.0. The summed E-state index contributed by atoms with van der Waals surface area (Å²) in [5.41, 5.74) is 4.92. The van der Waals surface area contributed by atoms with Gasteiger partial charge in [0, 0.05) is 16.9 Å². The Labute approximate surface area is 201 Å². The van der Waals surface area contributed by atoms with Crippen LogP contribution < -0.4 is 0 Å². The quantitative estimate of drug-likeness (QED) is 0.295. The highest BCUT2D eigenvalue weighted by Crippen LogP contribution is 2.66. The van der Waals surface area contributed by atoms with Crippen molar-refractivity contribution in [1.82, 2.24) is 0 Å². The Bertz CT molecular complexity index is 888. The van der Waals surface area contributed by atoms with Crippen LogP contribution in [0.1, 0.15) is 93.4 Å². The van der Waals surface area contributed by atoms with E-state index in [1.54, 1.807) is 6.92 Å². The van der Waals surface area contributed by atoms with Gasteiger partial charge in [0.1, 0.15) is 0 Å². The number of allylic oxidation sites excluding steroid dienone is 6. The number of hydrogen-bond acceptors (Lipinski definition) is 2. The van der Waals surface area contributed by atoms with Crippen LogP contribution in [0, 0.1) is 34.0 Å². The molecule has 3 heteroatoms. The van der Waals surface area contributed by atoms with E-state index in [1.165, 1.54) is 16.7 Å². The molecule has 0 radical (unpaired) electrons. The lowest BCUT2D eigenvalue weighted by Crippen LogP contribution is -2.51. The number of aliphatic carboxylic acids is 1. The van der Waals surface area contributed by atoms with Crippen molar-refractivity contribution in [2.45, 2.75) is 99.5 Å². The minimum absolute atomic E-state index is 0.0797. The molecule has 3 nitrogen and oxygen atoms in total. The molecular formula is C30H46O3. The highest BCUT2D eigenvalue weighted by Gasteiger charge is 2.58. The summed E-state index contributed by atoms with van der Waals surface area (Å²) in [6.45, 7) is 20.2. The van der Waals surface area contributed by atoms with Crippen LogP contribution in [0.15, 0.2) is 47.1 Å². The SMILES string of the molecule is C=C(C[C@H](C)CC/C=C(/C)C(=O)O)C1C=C2C(=CC[C@H]3C(C)(C)[C@@H](O)CC[C@]23C)[C@]1(C)CC. The molecular weight excluding hydrogens is 408 g/mol. The summed E-state index contributed by atoms with van der Waals surface area (Å²) in [6, 6.07) is 0. The molecule has 0 amide bonds. The predicted molar refractivity (Wildman–Crippen MR) is 137 cm³/mol. The van der Waals surface area contributed by atoms with E-state index in [0.29, 0.717) is 23.3 Å². The Morgan fingerprint density at radius 1 is 1.27 bits per heavy atom. The number of carbonyl (C=O) groups is 1. The molecule has 33 heavy (non-hydrogen) atoms. The van der Waals surface area contributed by atoms with Gasteiger partial charge in [0.2, 0.25) is 0 Å². The normalized spacial score (nSPS) is 36.4. The van der Waals surface area contributed by atoms with Crippen molar-refractivity contribution in [2.75, 3.05) is 0 Å². The Morgan fingerprint density at radius 2 is 1.94 bits per heavy atom. The third-order valence-electron chi connectivity index (χ3n) is 9.79. The number of aliphatic hydroxyl groups is 1. The summed E-state index contributed by atoms with van der Waals surface area (Å²) in [5, 5.41) is 19.8. The lowest BCUT2D eigenvalue weighted by molar-refractivity contribution is -0.132. The van der Waals surface area contributed by atoms with E-state index in [9.17, 15) is 9.90 Å². The lowest BCUT2D eigenvalue weighted by Gasteiger charge is -2.56. The summed E-state index contributed by atoms with van der Waals surface area (Å²) >= 11 is 0. The van der Waals surface area contributed by atoms with E-state index < -0.39 is 5.97 Å². The van der Waals surface area contributed by atoms with E-state index in [1.807, 2.05) is 6.08 Å². The second-order valence-corrected chi connectivity index (χ2v) is 12.3. The zero-order valence-electron chi connectivity index (χ0n) is 22.0. The molecule has 1 unspecified atom stereocenters. The van der Waals surface area contributed by atoms with Crippen LogP contribution in [0.25, 0.3) is 0 Å². The molecule has 0 aromatic rings. The van der Waals surface area contributed by atoms with Gasteiger partial charge in [0.05, 0.1) is 6.10 Å². The first-order valence-electron chi connectivity index (χ1n) is 13.0. The molecule has 3 aliphatic carbocycles. The molecule has 0 aliphatic heterocycles. The van der Waals surface area contributed by atoms with Crippen LogP contribution in [-0.4, -0.2) is 22.3 Å². The average molecular weight is 455 g/mol. The fourth-order valence-corrected chi connectivity index (χ4v) is 7.24. The summed E-state index contributed by atoms with van der Waals surface area (Å²) in [6.07, 6.45) is 13.5. The Morgan fingerprint density at radius 3 is 2.55 bits per heavy atom. The minimum Gasteiger partial charge on any atom is -0.478 e. The molecule has 0 heterocycles. The van der Waals surface area contributed by atoms with Crippen molar-refractivity contribution in [3.63, 3.8) is 0 Å². The smallest absolute Gasteiger partial charge is 0.330 e. The standard InChI is InChI=1S/C30H46O3/c1-9-29(7)22-13-14-25-28(5,6)26(31)15-16-30(25,8)24(22)18-23(29)21(4)17-19(2)11-10-12-20(3)27(32)33/h12-13,18-19,23,25-26,31H,4,9-11,14-17H2,1-3,5-8H3,(H,32,33)/b20-12-/t19-,23?,25+,26+,29+,30-/m1/s1. The van der Waals surface area contributed by atoms with Crippen molar-refractivity contribution in [2.24, 2.45) is 34.0 Å². The van der Waals surface area contributed by atoms with Crippen molar-refractivity contribution in [3.05, 3.63) is 47.1 Å². The highest BCUT2D eigenvalue weighted by molar-refractivity contribution is 5.85. The zero-order valence-corrected chi connectivity index (χ0v) is 22.0. The molecule has 1 saturated carbocycles. The monoisotopic (exact) mass is 454 g/mol. The van der Waals surface area contributed by atoms with Gasteiger partial charge in [-0.1, -0.05) is 71.9 Å². The largest absolute Gasteiger partial charge is 0.478 e. The van der Waals surface area contributed by atoms with Crippen molar-refractivity contribution < 1.29 is 15.0 Å². The van der Waals surface area contributed by atoms with Gasteiger partial charge in [-0.05, 0) is 85.7 Å². The average Bonchev–Trinajstić information content (AvgIpc) is 3.05. The molecule has 3 rings (SSSR count). The van der Waals surface area contributed by atoms with Gasteiger partial charge >= 0.3 is 5.97 Å². The molecule has 0 spiro atoms. The first kappa shape index (κ1) is 26.0. The number of carboxylic acids is 1. The molecule has 0 bridgehead atoms. The minimum atomic E-state index is -0.829. The van der Waals surface area contributed by atoms with Crippen molar-refractivity contribution in [3.8, 4) is 0 Å². The van der Waals surface area contributed by atoms with Crippen LogP contribution in [0.2, 0.25) is 0 Å². The van der Waals surface area contributed by atoms with Crippen molar-refractivity contribution >= 4 is 5.97 Å². The molecule has 1 fully saturated rings. The Balaban J connectivity index is 1.83. The van der Waals surface area contributed by atoms with Gasteiger partial charge in [0.15, 0.2) is 0 Å². The van der Waals surface area contributed by atoms with Crippen molar-refractivity contribution in [1.29, 1.82) is 0 Å². The van der Waals surface area contributed by atoms with Crippen LogP contribution in [-0.2, 0) is 4.79 Å². The van der Waals surface area contributed by atoms with Crippen LogP contribution >= 0.6 is 0 Å². The second-order valence-electron chi connectivity index (χ2n) is 12.3. The summed E-state index contributed by atoms with van der Waals surface area (Å²) in [7, 11) is 0. The third-order valence-corrected chi connectivity index (χ3v) is 9.79. The number of fused-ring (bicyclic) bond motifs is 3. The summed E-state index contributed by atoms with van der Waals surface area (Å²) < 4.78 is 0. The third kappa shape index (κ3) is 4.43. The van der Waals surface area contributed by atoms with Crippen LogP contribution in [0.5, 0.6) is 0 Å². The number of carboxylic acid groups (broad SMARTS) is 1. The van der Waals surface area contributed by atoms with E-state index in [-0.39, 0.29) is 22.3 Å². The molecule has 3 aliphatic rings. The number of aliphatic hydroxyl groups excluding tert-OH is 1.